The van der Waals surface area contributed by atoms with Crippen molar-refractivity contribution in [3.63, 3.8) is 0 Å². The second-order valence-electron chi connectivity index (χ2n) is 3.67. The summed E-state index contributed by atoms with van der Waals surface area (Å²) in [4.78, 5) is 0. The number of aryl methyl sites for hydroxylation is 1. The average Bonchev–Trinajstić information content (AvgIpc) is 2.74. The summed E-state index contributed by atoms with van der Waals surface area (Å²) in [7, 11) is 0. The summed E-state index contributed by atoms with van der Waals surface area (Å²) >= 11 is 5.89. The molecule has 0 radical (unpaired) electrons. The fourth-order valence-electron chi connectivity index (χ4n) is 1.51. The van der Waals surface area contributed by atoms with Crippen LogP contribution in [0.25, 0.3) is 0 Å². The first-order valence-electron chi connectivity index (χ1n) is 5.11. The SMILES string of the molecule is Cc1cc(Cl)ccc1CNCc1ccon1. The van der Waals surface area contributed by atoms with Crippen molar-refractivity contribution < 1.29 is 4.52 Å². The molecular weight excluding hydrogens is 224 g/mol. The van der Waals surface area contributed by atoms with E-state index in [2.05, 4.69) is 17.4 Å². The summed E-state index contributed by atoms with van der Waals surface area (Å²) < 4.78 is 4.75. The van der Waals surface area contributed by atoms with Gasteiger partial charge in [0.05, 0.1) is 5.69 Å². The molecule has 0 saturated heterocycles. The Morgan fingerprint density at radius 3 is 2.88 bits per heavy atom. The summed E-state index contributed by atoms with van der Waals surface area (Å²) in [5, 5.41) is 7.90. The fraction of sp³-hybridized carbons (Fsp3) is 0.250. The van der Waals surface area contributed by atoms with E-state index in [4.69, 9.17) is 16.1 Å². The Balaban J connectivity index is 1.90. The predicted octanol–water partition coefficient (Wildman–Crippen LogP) is 2.93. The molecule has 0 unspecified atom stereocenters. The van der Waals surface area contributed by atoms with Crippen LogP contribution in [0.2, 0.25) is 5.02 Å². The van der Waals surface area contributed by atoms with Gasteiger partial charge in [-0.25, -0.2) is 0 Å². The van der Waals surface area contributed by atoms with Crippen molar-refractivity contribution in [2.24, 2.45) is 0 Å². The zero-order valence-electron chi connectivity index (χ0n) is 9.03. The van der Waals surface area contributed by atoms with E-state index in [1.54, 1.807) is 6.26 Å². The molecule has 2 rings (SSSR count). The number of hydrogen-bond donors (Lipinski definition) is 1. The smallest absolute Gasteiger partial charge is 0.124 e. The molecule has 16 heavy (non-hydrogen) atoms. The Morgan fingerprint density at radius 1 is 1.31 bits per heavy atom. The van der Waals surface area contributed by atoms with Gasteiger partial charge in [0.25, 0.3) is 0 Å². The molecule has 1 aromatic carbocycles. The highest BCUT2D eigenvalue weighted by atomic mass is 35.5. The number of rotatable bonds is 4. The first-order valence-corrected chi connectivity index (χ1v) is 5.48. The van der Waals surface area contributed by atoms with Crippen LogP contribution in [-0.2, 0) is 13.1 Å². The highest BCUT2D eigenvalue weighted by Gasteiger charge is 2.00. The number of halogens is 1. The molecule has 0 aliphatic rings. The van der Waals surface area contributed by atoms with Crippen molar-refractivity contribution in [3.8, 4) is 0 Å². The molecule has 0 saturated carbocycles. The molecule has 0 bridgehead atoms. The summed E-state index contributed by atoms with van der Waals surface area (Å²) in [5.74, 6) is 0. The van der Waals surface area contributed by atoms with Gasteiger partial charge in [0.2, 0.25) is 0 Å². The summed E-state index contributed by atoms with van der Waals surface area (Å²) in [6.45, 7) is 3.56. The first-order chi connectivity index (χ1) is 7.75. The van der Waals surface area contributed by atoms with Gasteiger partial charge in [0, 0.05) is 24.2 Å². The van der Waals surface area contributed by atoms with Crippen LogP contribution in [-0.4, -0.2) is 5.16 Å². The fourth-order valence-corrected chi connectivity index (χ4v) is 1.74. The number of nitrogens with zero attached hydrogens (tertiary/aromatic N) is 1. The van der Waals surface area contributed by atoms with Gasteiger partial charge in [0.15, 0.2) is 0 Å². The maximum Gasteiger partial charge on any atom is 0.124 e. The van der Waals surface area contributed by atoms with Gasteiger partial charge in [-0.1, -0.05) is 22.8 Å². The van der Waals surface area contributed by atoms with Gasteiger partial charge in [-0.3, -0.25) is 0 Å². The molecule has 1 N–H and O–H groups in total. The van der Waals surface area contributed by atoms with Crippen LogP contribution in [0, 0.1) is 6.92 Å². The lowest BCUT2D eigenvalue weighted by molar-refractivity contribution is 0.408. The molecule has 1 heterocycles. The van der Waals surface area contributed by atoms with Crippen LogP contribution in [0.5, 0.6) is 0 Å². The van der Waals surface area contributed by atoms with Crippen molar-refractivity contribution in [2.45, 2.75) is 20.0 Å². The standard InChI is InChI=1S/C12H13ClN2O/c1-9-6-11(13)3-2-10(9)7-14-8-12-4-5-16-15-12/h2-6,14H,7-8H2,1H3. The van der Waals surface area contributed by atoms with Gasteiger partial charge in [-0.15, -0.1) is 0 Å². The predicted molar refractivity (Wildman–Crippen MR) is 63.2 cm³/mol. The second-order valence-corrected chi connectivity index (χ2v) is 4.10. The third kappa shape index (κ3) is 2.84. The third-order valence-corrected chi connectivity index (χ3v) is 2.65. The van der Waals surface area contributed by atoms with Crippen molar-refractivity contribution in [1.29, 1.82) is 0 Å². The third-order valence-electron chi connectivity index (χ3n) is 2.42. The molecule has 2 aromatic rings. The van der Waals surface area contributed by atoms with Gasteiger partial charge < -0.3 is 9.84 Å². The Hall–Kier alpha value is -1.32. The largest absolute Gasteiger partial charge is 0.364 e. The average molecular weight is 237 g/mol. The minimum absolute atomic E-state index is 0.707. The Bertz CT molecular complexity index is 454. The van der Waals surface area contributed by atoms with Crippen LogP contribution >= 0.6 is 11.6 Å². The lowest BCUT2D eigenvalue weighted by Crippen LogP contribution is -2.13. The van der Waals surface area contributed by atoms with Crippen molar-refractivity contribution in [3.05, 3.63) is 52.4 Å². The van der Waals surface area contributed by atoms with Crippen molar-refractivity contribution in [1.82, 2.24) is 10.5 Å². The van der Waals surface area contributed by atoms with E-state index >= 15 is 0 Å². The highest BCUT2D eigenvalue weighted by Crippen LogP contribution is 2.14. The number of nitrogens with one attached hydrogen (secondary N) is 1. The highest BCUT2D eigenvalue weighted by molar-refractivity contribution is 6.30. The van der Waals surface area contributed by atoms with E-state index in [0.717, 1.165) is 17.3 Å². The maximum absolute atomic E-state index is 5.89. The Labute approximate surface area is 99.4 Å². The molecule has 3 nitrogen and oxygen atoms in total. The van der Waals surface area contributed by atoms with E-state index in [1.807, 2.05) is 24.3 Å². The topological polar surface area (TPSA) is 38.1 Å². The minimum Gasteiger partial charge on any atom is -0.364 e. The molecule has 0 amide bonds. The van der Waals surface area contributed by atoms with E-state index in [-0.39, 0.29) is 0 Å². The van der Waals surface area contributed by atoms with Crippen LogP contribution < -0.4 is 5.32 Å². The van der Waals surface area contributed by atoms with E-state index in [9.17, 15) is 0 Å². The molecule has 0 fully saturated rings. The summed E-state index contributed by atoms with van der Waals surface area (Å²) in [6, 6.07) is 7.76. The quantitative estimate of drug-likeness (QED) is 0.887. The van der Waals surface area contributed by atoms with E-state index in [1.165, 1.54) is 11.1 Å². The molecule has 4 heteroatoms. The second kappa shape index (κ2) is 5.14. The zero-order valence-corrected chi connectivity index (χ0v) is 9.79. The zero-order chi connectivity index (χ0) is 11.4. The molecule has 0 spiro atoms. The monoisotopic (exact) mass is 236 g/mol. The molecule has 84 valence electrons. The van der Waals surface area contributed by atoms with Crippen LogP contribution in [0.1, 0.15) is 16.8 Å². The van der Waals surface area contributed by atoms with E-state index in [0.29, 0.717) is 6.54 Å². The molecule has 0 atom stereocenters. The number of aromatic nitrogens is 1. The number of benzene rings is 1. The van der Waals surface area contributed by atoms with Gasteiger partial charge >= 0.3 is 0 Å². The normalized spacial score (nSPS) is 10.6. The Kier molecular flexibility index (Phi) is 3.59. The molecule has 0 aliphatic heterocycles. The van der Waals surface area contributed by atoms with Gasteiger partial charge in [-0.2, -0.15) is 0 Å². The maximum atomic E-state index is 5.89. The van der Waals surface area contributed by atoms with Crippen molar-refractivity contribution in [2.75, 3.05) is 0 Å². The van der Waals surface area contributed by atoms with E-state index < -0.39 is 0 Å². The summed E-state index contributed by atoms with van der Waals surface area (Å²) in [6.07, 6.45) is 1.57. The first kappa shape index (κ1) is 11.2. The lowest BCUT2D eigenvalue weighted by Gasteiger charge is -2.06. The number of hydrogen-bond acceptors (Lipinski definition) is 3. The van der Waals surface area contributed by atoms with Crippen LogP contribution in [0.15, 0.2) is 35.1 Å². The lowest BCUT2D eigenvalue weighted by atomic mass is 10.1. The molecule has 1 aromatic heterocycles. The molecule has 0 aliphatic carbocycles. The summed E-state index contributed by atoms with van der Waals surface area (Å²) in [5.41, 5.74) is 3.35. The van der Waals surface area contributed by atoms with Crippen LogP contribution in [0.3, 0.4) is 0 Å². The van der Waals surface area contributed by atoms with Gasteiger partial charge in [0.1, 0.15) is 6.26 Å². The van der Waals surface area contributed by atoms with Gasteiger partial charge in [-0.05, 0) is 30.2 Å². The van der Waals surface area contributed by atoms with Crippen molar-refractivity contribution >= 4 is 11.6 Å². The minimum atomic E-state index is 0.707. The molecular formula is C12H13ClN2O. The Morgan fingerprint density at radius 2 is 2.19 bits per heavy atom. The van der Waals surface area contributed by atoms with Crippen LogP contribution in [0.4, 0.5) is 0 Å².